The summed E-state index contributed by atoms with van der Waals surface area (Å²) in [7, 11) is 0. The molecule has 4 heteroatoms. The standard InChI is InChI=1S/C22H27ClN2O/c23-21-9-3-2-8-20(21)18-11-13-19(14-12-18)24-22(26)10-4-7-17-25-15-5-1-6-16-25/h2-3,8-9,11-14H,1,4-7,10,15-17H2,(H,24,26). The molecule has 1 saturated heterocycles. The molecule has 2 aromatic carbocycles. The van der Waals surface area contributed by atoms with Gasteiger partial charge in [-0.25, -0.2) is 0 Å². The zero-order valence-electron chi connectivity index (χ0n) is 15.2. The van der Waals surface area contributed by atoms with Crippen LogP contribution in [0.5, 0.6) is 0 Å². The molecule has 0 spiro atoms. The van der Waals surface area contributed by atoms with Gasteiger partial charge in [0.25, 0.3) is 0 Å². The normalized spacial score (nSPS) is 15.0. The number of anilines is 1. The third kappa shape index (κ3) is 5.58. The number of rotatable bonds is 7. The molecule has 1 aliphatic heterocycles. The van der Waals surface area contributed by atoms with Gasteiger partial charge in [-0.1, -0.05) is 48.4 Å². The van der Waals surface area contributed by atoms with E-state index in [2.05, 4.69) is 10.2 Å². The molecule has 3 rings (SSSR count). The third-order valence-electron chi connectivity index (χ3n) is 4.93. The highest BCUT2D eigenvalue weighted by Crippen LogP contribution is 2.28. The van der Waals surface area contributed by atoms with Gasteiger partial charge in [-0.3, -0.25) is 4.79 Å². The Balaban J connectivity index is 1.42. The van der Waals surface area contributed by atoms with Crippen LogP contribution >= 0.6 is 11.6 Å². The predicted octanol–water partition coefficient (Wildman–Crippen LogP) is 5.60. The van der Waals surface area contributed by atoms with Gasteiger partial charge in [0.05, 0.1) is 0 Å². The van der Waals surface area contributed by atoms with E-state index in [0.29, 0.717) is 6.42 Å². The molecule has 1 amide bonds. The number of halogens is 1. The number of nitrogens with one attached hydrogen (secondary N) is 1. The molecule has 138 valence electrons. The number of piperidine rings is 1. The molecule has 3 nitrogen and oxygen atoms in total. The predicted molar refractivity (Wildman–Crippen MR) is 110 cm³/mol. The van der Waals surface area contributed by atoms with Crippen molar-refractivity contribution in [2.24, 2.45) is 0 Å². The minimum atomic E-state index is 0.0918. The van der Waals surface area contributed by atoms with Gasteiger partial charge in [0.2, 0.25) is 5.91 Å². The van der Waals surface area contributed by atoms with Crippen molar-refractivity contribution in [1.29, 1.82) is 0 Å². The van der Waals surface area contributed by atoms with Crippen molar-refractivity contribution in [3.63, 3.8) is 0 Å². The highest BCUT2D eigenvalue weighted by Gasteiger charge is 2.10. The van der Waals surface area contributed by atoms with Gasteiger partial charge in [0, 0.05) is 22.7 Å². The van der Waals surface area contributed by atoms with Crippen molar-refractivity contribution in [2.75, 3.05) is 25.0 Å². The van der Waals surface area contributed by atoms with Crippen molar-refractivity contribution in [2.45, 2.75) is 38.5 Å². The first-order valence-electron chi connectivity index (χ1n) is 9.59. The Morgan fingerprint density at radius 1 is 0.962 bits per heavy atom. The fraction of sp³-hybridized carbons (Fsp3) is 0.409. The molecule has 0 unspecified atom stereocenters. The van der Waals surface area contributed by atoms with E-state index < -0.39 is 0 Å². The zero-order chi connectivity index (χ0) is 18.2. The molecule has 1 N–H and O–H groups in total. The zero-order valence-corrected chi connectivity index (χ0v) is 16.0. The fourth-order valence-corrected chi connectivity index (χ4v) is 3.70. The van der Waals surface area contributed by atoms with E-state index in [-0.39, 0.29) is 5.91 Å². The molecule has 0 aromatic heterocycles. The van der Waals surface area contributed by atoms with Gasteiger partial charge >= 0.3 is 0 Å². The molecule has 2 aromatic rings. The Hall–Kier alpha value is -1.84. The molecule has 1 fully saturated rings. The second kappa shape index (κ2) is 9.75. The molecule has 0 radical (unpaired) electrons. The van der Waals surface area contributed by atoms with Crippen molar-refractivity contribution >= 4 is 23.2 Å². The lowest BCUT2D eigenvalue weighted by molar-refractivity contribution is -0.116. The Labute approximate surface area is 161 Å². The highest BCUT2D eigenvalue weighted by molar-refractivity contribution is 6.33. The van der Waals surface area contributed by atoms with Crippen LogP contribution in [-0.2, 0) is 4.79 Å². The number of carbonyl (C=O) groups is 1. The average Bonchev–Trinajstić information content (AvgIpc) is 2.67. The fourth-order valence-electron chi connectivity index (χ4n) is 3.46. The number of nitrogens with zero attached hydrogens (tertiary/aromatic N) is 1. The van der Waals surface area contributed by atoms with Gasteiger partial charge in [0.15, 0.2) is 0 Å². The molecular weight excluding hydrogens is 344 g/mol. The topological polar surface area (TPSA) is 32.3 Å². The monoisotopic (exact) mass is 370 g/mol. The van der Waals surface area contributed by atoms with Crippen LogP contribution in [0.3, 0.4) is 0 Å². The van der Waals surface area contributed by atoms with Crippen molar-refractivity contribution in [3.05, 3.63) is 53.6 Å². The van der Waals surface area contributed by atoms with Crippen LogP contribution in [0.1, 0.15) is 38.5 Å². The first kappa shape index (κ1) is 18.9. The van der Waals surface area contributed by atoms with Crippen LogP contribution < -0.4 is 5.32 Å². The first-order valence-corrected chi connectivity index (χ1v) is 9.97. The van der Waals surface area contributed by atoms with E-state index in [4.69, 9.17) is 11.6 Å². The largest absolute Gasteiger partial charge is 0.326 e. The number of carbonyl (C=O) groups excluding carboxylic acids is 1. The smallest absolute Gasteiger partial charge is 0.224 e. The van der Waals surface area contributed by atoms with Gasteiger partial charge < -0.3 is 10.2 Å². The summed E-state index contributed by atoms with van der Waals surface area (Å²) in [5.74, 6) is 0.0918. The number of amides is 1. The van der Waals surface area contributed by atoms with Crippen LogP contribution in [0.4, 0.5) is 5.69 Å². The van der Waals surface area contributed by atoms with Gasteiger partial charge in [0.1, 0.15) is 0 Å². The first-order chi connectivity index (χ1) is 12.7. The maximum atomic E-state index is 12.1. The van der Waals surface area contributed by atoms with E-state index in [0.717, 1.165) is 41.2 Å². The van der Waals surface area contributed by atoms with Crippen LogP contribution in [0.25, 0.3) is 11.1 Å². The Morgan fingerprint density at radius 3 is 2.42 bits per heavy atom. The quantitative estimate of drug-likeness (QED) is 0.643. The second-order valence-corrected chi connectivity index (χ2v) is 7.37. The third-order valence-corrected chi connectivity index (χ3v) is 5.26. The molecule has 1 heterocycles. The lowest BCUT2D eigenvalue weighted by Gasteiger charge is -2.26. The van der Waals surface area contributed by atoms with E-state index in [1.54, 1.807) is 0 Å². The van der Waals surface area contributed by atoms with Crippen LogP contribution in [0.2, 0.25) is 5.02 Å². The highest BCUT2D eigenvalue weighted by atomic mass is 35.5. The van der Waals surface area contributed by atoms with E-state index in [1.807, 2.05) is 48.5 Å². The number of benzene rings is 2. The minimum Gasteiger partial charge on any atom is -0.326 e. The van der Waals surface area contributed by atoms with Crippen LogP contribution in [-0.4, -0.2) is 30.4 Å². The van der Waals surface area contributed by atoms with Crippen molar-refractivity contribution < 1.29 is 4.79 Å². The minimum absolute atomic E-state index is 0.0918. The van der Waals surface area contributed by atoms with E-state index in [9.17, 15) is 4.79 Å². The molecule has 0 bridgehead atoms. The summed E-state index contributed by atoms with van der Waals surface area (Å²) in [4.78, 5) is 14.6. The van der Waals surface area contributed by atoms with Gasteiger partial charge in [-0.15, -0.1) is 0 Å². The van der Waals surface area contributed by atoms with E-state index >= 15 is 0 Å². The van der Waals surface area contributed by atoms with E-state index in [1.165, 1.54) is 32.4 Å². The van der Waals surface area contributed by atoms with Crippen molar-refractivity contribution in [3.8, 4) is 11.1 Å². The number of unbranched alkanes of at least 4 members (excludes halogenated alkanes) is 1. The van der Waals surface area contributed by atoms with Crippen LogP contribution in [0.15, 0.2) is 48.5 Å². The lowest BCUT2D eigenvalue weighted by Crippen LogP contribution is -2.30. The summed E-state index contributed by atoms with van der Waals surface area (Å²) in [6.45, 7) is 3.58. The number of hydrogen-bond donors (Lipinski definition) is 1. The summed E-state index contributed by atoms with van der Waals surface area (Å²) in [5, 5.41) is 3.72. The Bertz CT molecular complexity index is 708. The number of likely N-dealkylation sites (tertiary alicyclic amines) is 1. The Morgan fingerprint density at radius 2 is 1.69 bits per heavy atom. The maximum Gasteiger partial charge on any atom is 0.224 e. The summed E-state index contributed by atoms with van der Waals surface area (Å²) in [6, 6.07) is 15.6. The Kier molecular flexibility index (Phi) is 7.10. The summed E-state index contributed by atoms with van der Waals surface area (Å²) < 4.78 is 0. The number of hydrogen-bond acceptors (Lipinski definition) is 2. The van der Waals surface area contributed by atoms with Crippen LogP contribution in [0, 0.1) is 0 Å². The van der Waals surface area contributed by atoms with Gasteiger partial charge in [-0.2, -0.15) is 0 Å². The molecule has 0 saturated carbocycles. The molecule has 26 heavy (non-hydrogen) atoms. The van der Waals surface area contributed by atoms with Gasteiger partial charge in [-0.05, 0) is 69.1 Å². The summed E-state index contributed by atoms with van der Waals surface area (Å²) >= 11 is 6.24. The molecule has 0 atom stereocenters. The summed E-state index contributed by atoms with van der Waals surface area (Å²) in [5.41, 5.74) is 2.89. The van der Waals surface area contributed by atoms with Crippen molar-refractivity contribution in [1.82, 2.24) is 4.90 Å². The molecule has 1 aliphatic rings. The lowest BCUT2D eigenvalue weighted by atomic mass is 10.1. The summed E-state index contributed by atoms with van der Waals surface area (Å²) in [6.07, 6.45) is 6.64. The maximum absolute atomic E-state index is 12.1. The SMILES string of the molecule is O=C(CCCCN1CCCCC1)Nc1ccc(-c2ccccc2Cl)cc1. The molecule has 0 aliphatic carbocycles. The average molecular weight is 371 g/mol. The second-order valence-electron chi connectivity index (χ2n) is 6.96. The molecular formula is C22H27ClN2O.